The van der Waals surface area contributed by atoms with Crippen LogP contribution in [0.5, 0.6) is 0 Å². The lowest BCUT2D eigenvalue weighted by Gasteiger charge is -2.13. The molecule has 1 heterocycles. The number of pyridine rings is 1. The monoisotopic (exact) mass is 292 g/mol. The minimum Gasteiger partial charge on any atom is -0.304 e. The molecule has 1 unspecified atom stereocenters. The van der Waals surface area contributed by atoms with Crippen LogP contribution >= 0.6 is 0 Å². The summed E-state index contributed by atoms with van der Waals surface area (Å²) >= 11 is 0. The van der Waals surface area contributed by atoms with Crippen LogP contribution in [0.4, 0.5) is 13.2 Å². The second kappa shape index (κ2) is 5.48. The molecule has 0 radical (unpaired) electrons. The molecule has 0 bridgehead atoms. The molecule has 3 rings (SSSR count). The molecule has 1 atom stereocenters. The summed E-state index contributed by atoms with van der Waals surface area (Å²) < 4.78 is 37.5. The number of benzene rings is 1. The minimum absolute atomic E-state index is 0.184. The number of alkyl halides is 3. The van der Waals surface area contributed by atoms with Gasteiger partial charge in [-0.2, -0.15) is 13.2 Å². The summed E-state index contributed by atoms with van der Waals surface area (Å²) in [6.07, 6.45) is -0.530. The Morgan fingerprint density at radius 3 is 2.62 bits per heavy atom. The quantitative estimate of drug-likeness (QED) is 0.928. The van der Waals surface area contributed by atoms with Crippen molar-refractivity contribution in [1.29, 1.82) is 0 Å². The molecule has 5 heteroatoms. The maximum Gasteiger partial charge on any atom is 0.416 e. The van der Waals surface area contributed by atoms with Gasteiger partial charge in [-0.25, -0.2) is 0 Å². The molecule has 1 aromatic heterocycles. The summed E-state index contributed by atoms with van der Waals surface area (Å²) in [5, 5.41) is 3.37. The Morgan fingerprint density at radius 1 is 1.14 bits per heavy atom. The topological polar surface area (TPSA) is 24.9 Å². The van der Waals surface area contributed by atoms with Crippen molar-refractivity contribution in [3.8, 4) is 0 Å². The first-order chi connectivity index (χ1) is 10.0. The predicted molar refractivity (Wildman–Crippen MR) is 73.6 cm³/mol. The van der Waals surface area contributed by atoms with Crippen LogP contribution in [0.25, 0.3) is 0 Å². The molecule has 2 nitrogen and oxygen atoms in total. The Bertz CT molecular complexity index is 620. The second-order valence-electron chi connectivity index (χ2n) is 5.21. The second-order valence-corrected chi connectivity index (χ2v) is 5.21. The molecule has 21 heavy (non-hydrogen) atoms. The van der Waals surface area contributed by atoms with E-state index in [4.69, 9.17) is 0 Å². The first-order valence-electron chi connectivity index (χ1n) is 6.87. The summed E-state index contributed by atoms with van der Waals surface area (Å²) in [7, 11) is 0. The van der Waals surface area contributed by atoms with Gasteiger partial charge >= 0.3 is 6.18 Å². The van der Waals surface area contributed by atoms with Gasteiger partial charge < -0.3 is 5.32 Å². The highest BCUT2D eigenvalue weighted by Gasteiger charge is 2.30. The fourth-order valence-electron chi connectivity index (χ4n) is 2.66. The van der Waals surface area contributed by atoms with E-state index in [0.717, 1.165) is 36.2 Å². The number of hydrogen-bond donors (Lipinski definition) is 1. The third kappa shape index (κ3) is 3.08. The molecule has 110 valence electrons. The number of aromatic nitrogens is 1. The van der Waals surface area contributed by atoms with Crippen molar-refractivity contribution < 1.29 is 13.2 Å². The average molecular weight is 292 g/mol. The third-order valence-electron chi connectivity index (χ3n) is 3.79. The number of fused-ring (bicyclic) bond motifs is 1. The molecule has 1 N–H and O–H groups in total. The van der Waals surface area contributed by atoms with Crippen LogP contribution in [0.2, 0.25) is 0 Å². The molecule has 0 saturated heterocycles. The molecule has 2 aromatic rings. The van der Waals surface area contributed by atoms with E-state index in [1.165, 1.54) is 17.7 Å². The lowest BCUT2D eigenvalue weighted by molar-refractivity contribution is -0.137. The van der Waals surface area contributed by atoms with Crippen molar-refractivity contribution in [2.75, 3.05) is 0 Å². The van der Waals surface area contributed by atoms with E-state index in [0.29, 0.717) is 6.54 Å². The van der Waals surface area contributed by atoms with Gasteiger partial charge in [-0.3, -0.25) is 4.98 Å². The van der Waals surface area contributed by atoms with Crippen molar-refractivity contribution in [3.63, 3.8) is 0 Å². The summed E-state index contributed by atoms with van der Waals surface area (Å²) in [5.41, 5.74) is 2.54. The number of rotatable bonds is 3. The van der Waals surface area contributed by atoms with Crippen molar-refractivity contribution in [2.45, 2.75) is 31.6 Å². The van der Waals surface area contributed by atoms with Crippen LogP contribution in [0.1, 0.15) is 34.8 Å². The Labute approximate surface area is 121 Å². The molecule has 1 aliphatic rings. The molecular weight excluding hydrogens is 277 g/mol. The predicted octanol–water partition coefficient (Wildman–Crippen LogP) is 3.88. The van der Waals surface area contributed by atoms with Gasteiger partial charge in [0.05, 0.1) is 17.3 Å². The summed E-state index contributed by atoms with van der Waals surface area (Å²) in [4.78, 5) is 4.39. The largest absolute Gasteiger partial charge is 0.416 e. The van der Waals surface area contributed by atoms with Gasteiger partial charge in [0, 0.05) is 12.7 Å². The lowest BCUT2D eigenvalue weighted by Crippen LogP contribution is -2.19. The Hall–Kier alpha value is -1.88. The SMILES string of the molecule is FC(F)(F)c1ccc(CNC2CCc3cccnc32)cc1. The molecule has 0 aliphatic heterocycles. The molecule has 0 saturated carbocycles. The number of aryl methyl sites for hydroxylation is 1. The molecule has 0 spiro atoms. The molecule has 1 aromatic carbocycles. The Kier molecular flexibility index (Phi) is 3.68. The number of halogens is 3. The van der Waals surface area contributed by atoms with Crippen LogP contribution in [-0.4, -0.2) is 4.98 Å². The van der Waals surface area contributed by atoms with E-state index in [-0.39, 0.29) is 6.04 Å². The van der Waals surface area contributed by atoms with Gasteiger partial charge in [-0.15, -0.1) is 0 Å². The molecule has 1 aliphatic carbocycles. The van der Waals surface area contributed by atoms with Gasteiger partial charge in [0.1, 0.15) is 0 Å². The lowest BCUT2D eigenvalue weighted by atomic mass is 10.1. The zero-order valence-corrected chi connectivity index (χ0v) is 11.3. The summed E-state index contributed by atoms with van der Waals surface area (Å²) in [6.45, 7) is 0.540. The fraction of sp³-hybridized carbons (Fsp3) is 0.312. The van der Waals surface area contributed by atoms with Crippen LogP contribution in [0.15, 0.2) is 42.6 Å². The normalized spacial score (nSPS) is 17.8. The molecule has 0 fully saturated rings. The Morgan fingerprint density at radius 2 is 1.90 bits per heavy atom. The summed E-state index contributed by atoms with van der Waals surface area (Å²) in [5.74, 6) is 0. The van der Waals surface area contributed by atoms with E-state index >= 15 is 0 Å². The van der Waals surface area contributed by atoms with Gasteiger partial charge in [0.15, 0.2) is 0 Å². The van der Waals surface area contributed by atoms with Gasteiger partial charge in [0.2, 0.25) is 0 Å². The number of hydrogen-bond acceptors (Lipinski definition) is 2. The first-order valence-corrected chi connectivity index (χ1v) is 6.87. The highest BCUT2D eigenvalue weighted by Crippen LogP contribution is 2.30. The van der Waals surface area contributed by atoms with Crippen LogP contribution < -0.4 is 5.32 Å². The highest BCUT2D eigenvalue weighted by atomic mass is 19.4. The number of nitrogens with one attached hydrogen (secondary N) is 1. The van der Waals surface area contributed by atoms with E-state index in [1.54, 1.807) is 6.20 Å². The van der Waals surface area contributed by atoms with Crippen LogP contribution in [0.3, 0.4) is 0 Å². The number of nitrogens with zero attached hydrogens (tertiary/aromatic N) is 1. The van der Waals surface area contributed by atoms with Gasteiger partial charge in [-0.05, 0) is 42.2 Å². The highest BCUT2D eigenvalue weighted by molar-refractivity contribution is 5.29. The molecule has 0 amide bonds. The third-order valence-corrected chi connectivity index (χ3v) is 3.79. The van der Waals surface area contributed by atoms with Crippen molar-refractivity contribution >= 4 is 0 Å². The molecular formula is C16H15F3N2. The standard InChI is InChI=1S/C16H15F3N2/c17-16(18,19)13-6-3-11(4-7-13)10-21-14-8-5-12-2-1-9-20-15(12)14/h1-4,6-7,9,14,21H,5,8,10H2. The van der Waals surface area contributed by atoms with Crippen LogP contribution in [0, 0.1) is 0 Å². The maximum atomic E-state index is 12.5. The van der Waals surface area contributed by atoms with Crippen molar-refractivity contribution in [1.82, 2.24) is 10.3 Å². The smallest absolute Gasteiger partial charge is 0.304 e. The maximum absolute atomic E-state index is 12.5. The fourth-order valence-corrected chi connectivity index (χ4v) is 2.66. The Balaban J connectivity index is 1.64. The zero-order valence-electron chi connectivity index (χ0n) is 11.3. The minimum atomic E-state index is -4.28. The van der Waals surface area contributed by atoms with Gasteiger partial charge in [-0.1, -0.05) is 18.2 Å². The zero-order chi connectivity index (χ0) is 14.9. The summed E-state index contributed by atoms with van der Waals surface area (Å²) in [6, 6.07) is 9.46. The van der Waals surface area contributed by atoms with Crippen LogP contribution in [-0.2, 0) is 19.1 Å². The van der Waals surface area contributed by atoms with Crippen molar-refractivity contribution in [3.05, 3.63) is 65.0 Å². The van der Waals surface area contributed by atoms with E-state index in [1.807, 2.05) is 6.07 Å². The average Bonchev–Trinajstić information content (AvgIpc) is 2.88. The van der Waals surface area contributed by atoms with E-state index in [9.17, 15) is 13.2 Å². The van der Waals surface area contributed by atoms with Crippen molar-refractivity contribution in [2.24, 2.45) is 0 Å². The van der Waals surface area contributed by atoms with Gasteiger partial charge in [0.25, 0.3) is 0 Å². The first kappa shape index (κ1) is 14.1. The van der Waals surface area contributed by atoms with E-state index < -0.39 is 11.7 Å². The van der Waals surface area contributed by atoms with E-state index in [2.05, 4.69) is 16.4 Å².